The van der Waals surface area contributed by atoms with Gasteiger partial charge in [0.05, 0.1) is 6.04 Å². The first-order valence-electron chi connectivity index (χ1n) is 7.69. The van der Waals surface area contributed by atoms with E-state index < -0.39 is 5.76 Å². The molecule has 1 aliphatic heterocycles. The van der Waals surface area contributed by atoms with Crippen LogP contribution in [-0.2, 0) is 4.79 Å². The minimum Gasteiger partial charge on any atom is -0.392 e. The zero-order valence-corrected chi connectivity index (χ0v) is 12.7. The molecule has 2 heterocycles. The molecule has 1 aromatic rings. The van der Waals surface area contributed by atoms with Gasteiger partial charge in [0.25, 0.3) is 0 Å². The number of aromatic nitrogens is 2. The predicted octanol–water partition coefficient (Wildman–Crippen LogP) is 0.847. The van der Waals surface area contributed by atoms with Crippen LogP contribution in [0.15, 0.2) is 9.21 Å². The Labute approximate surface area is 124 Å². The molecule has 0 bridgehead atoms. The molecule has 1 aliphatic rings. The highest BCUT2D eigenvalue weighted by molar-refractivity contribution is 5.81. The molecular weight excluding hydrogens is 272 g/mol. The fourth-order valence-corrected chi connectivity index (χ4v) is 2.65. The number of carbonyl (C=O) groups excluding carboxylic acids is 1. The molecule has 0 radical (unpaired) electrons. The maximum Gasteiger partial charge on any atom is 0.434 e. The number of carbonyl (C=O) groups is 1. The van der Waals surface area contributed by atoms with Crippen molar-refractivity contribution in [2.45, 2.75) is 51.5 Å². The Balaban J connectivity index is 1.80. The Morgan fingerprint density at radius 1 is 1.52 bits per heavy atom. The molecule has 1 atom stereocenters. The number of rotatable bonds is 6. The normalized spacial score (nSPS) is 18.6. The zero-order valence-electron chi connectivity index (χ0n) is 12.7. The number of amides is 1. The van der Waals surface area contributed by atoms with E-state index in [0.29, 0.717) is 5.89 Å². The topological polar surface area (TPSA) is 91.2 Å². The van der Waals surface area contributed by atoms with Crippen LogP contribution in [-0.4, -0.2) is 46.7 Å². The van der Waals surface area contributed by atoms with Gasteiger partial charge in [-0.2, -0.15) is 0 Å². The lowest BCUT2D eigenvalue weighted by Gasteiger charge is -2.34. The predicted molar refractivity (Wildman–Crippen MR) is 78.1 cm³/mol. The maximum atomic E-state index is 12.0. The van der Waals surface area contributed by atoms with Gasteiger partial charge >= 0.3 is 5.76 Å². The van der Waals surface area contributed by atoms with E-state index in [2.05, 4.69) is 27.3 Å². The van der Waals surface area contributed by atoms with E-state index in [1.54, 1.807) is 0 Å². The lowest BCUT2D eigenvalue weighted by molar-refractivity contribution is -0.126. The van der Waals surface area contributed by atoms with Gasteiger partial charge in [0.15, 0.2) is 0 Å². The maximum absolute atomic E-state index is 12.0. The molecule has 1 saturated heterocycles. The molecule has 2 rings (SSSR count). The van der Waals surface area contributed by atoms with E-state index in [1.807, 2.05) is 6.92 Å². The standard InChI is InChI=1S/C14H24N4O3/c1-3-4-7-15-12(19)10(2)18-8-5-11(6-9-18)13-16-17-14(20)21-13/h10-11H,3-9H2,1-2H3,(H,15,19)(H,17,20). The van der Waals surface area contributed by atoms with Gasteiger partial charge in [0.1, 0.15) is 0 Å². The number of piperidine rings is 1. The number of nitrogens with zero attached hydrogens (tertiary/aromatic N) is 2. The fraction of sp³-hybridized carbons (Fsp3) is 0.786. The monoisotopic (exact) mass is 296 g/mol. The van der Waals surface area contributed by atoms with Crippen molar-refractivity contribution in [1.29, 1.82) is 0 Å². The van der Waals surface area contributed by atoms with Crippen molar-refractivity contribution in [3.05, 3.63) is 16.4 Å². The number of aromatic amines is 1. The second kappa shape index (κ2) is 7.40. The van der Waals surface area contributed by atoms with Crippen LogP contribution in [0.1, 0.15) is 51.3 Å². The molecule has 1 aromatic heterocycles. The van der Waals surface area contributed by atoms with Crippen LogP contribution in [0.25, 0.3) is 0 Å². The van der Waals surface area contributed by atoms with E-state index in [-0.39, 0.29) is 17.9 Å². The number of unbranched alkanes of at least 4 members (excludes halogenated alkanes) is 1. The number of H-pyrrole nitrogens is 1. The lowest BCUT2D eigenvalue weighted by atomic mass is 9.96. The van der Waals surface area contributed by atoms with E-state index >= 15 is 0 Å². The van der Waals surface area contributed by atoms with Crippen molar-refractivity contribution in [2.75, 3.05) is 19.6 Å². The number of nitrogens with one attached hydrogen (secondary N) is 2. The van der Waals surface area contributed by atoms with Gasteiger partial charge in [-0.1, -0.05) is 13.3 Å². The largest absolute Gasteiger partial charge is 0.434 e. The Morgan fingerprint density at radius 2 is 2.24 bits per heavy atom. The van der Waals surface area contributed by atoms with E-state index in [0.717, 1.165) is 45.3 Å². The summed E-state index contributed by atoms with van der Waals surface area (Å²) in [5.74, 6) is 0.236. The highest BCUT2D eigenvalue weighted by Gasteiger charge is 2.29. The molecule has 7 nitrogen and oxygen atoms in total. The average Bonchev–Trinajstić information content (AvgIpc) is 2.93. The van der Waals surface area contributed by atoms with Crippen molar-refractivity contribution in [2.24, 2.45) is 0 Å². The van der Waals surface area contributed by atoms with Crippen molar-refractivity contribution in [3.63, 3.8) is 0 Å². The summed E-state index contributed by atoms with van der Waals surface area (Å²) in [5, 5.41) is 9.16. The Hall–Kier alpha value is -1.63. The molecular formula is C14H24N4O3. The molecule has 1 amide bonds. The number of hydrogen-bond acceptors (Lipinski definition) is 5. The Morgan fingerprint density at radius 3 is 2.81 bits per heavy atom. The first-order chi connectivity index (χ1) is 10.1. The summed E-state index contributed by atoms with van der Waals surface area (Å²) >= 11 is 0. The van der Waals surface area contributed by atoms with Gasteiger partial charge in [-0.15, -0.1) is 5.10 Å². The van der Waals surface area contributed by atoms with Crippen LogP contribution >= 0.6 is 0 Å². The fourth-order valence-electron chi connectivity index (χ4n) is 2.65. The van der Waals surface area contributed by atoms with Crippen LogP contribution < -0.4 is 11.1 Å². The van der Waals surface area contributed by atoms with E-state index in [9.17, 15) is 9.59 Å². The first-order valence-corrected chi connectivity index (χ1v) is 7.69. The van der Waals surface area contributed by atoms with Gasteiger partial charge in [0, 0.05) is 12.5 Å². The first kappa shape index (κ1) is 15.8. The Bertz CT molecular complexity index is 502. The average molecular weight is 296 g/mol. The third kappa shape index (κ3) is 4.17. The third-order valence-corrected chi connectivity index (χ3v) is 4.09. The van der Waals surface area contributed by atoms with Gasteiger partial charge in [-0.3, -0.25) is 9.69 Å². The van der Waals surface area contributed by atoms with Crippen molar-refractivity contribution in [3.8, 4) is 0 Å². The summed E-state index contributed by atoms with van der Waals surface area (Å²) in [5.41, 5.74) is 0. The summed E-state index contributed by atoms with van der Waals surface area (Å²) in [6.45, 7) is 6.41. The number of likely N-dealkylation sites (tertiary alicyclic amines) is 1. The molecule has 2 N–H and O–H groups in total. The summed E-state index contributed by atoms with van der Waals surface area (Å²) in [7, 11) is 0. The van der Waals surface area contributed by atoms with Gasteiger partial charge in [-0.05, 0) is 39.3 Å². The molecule has 1 fully saturated rings. The SMILES string of the molecule is CCCCNC(=O)C(C)N1CCC(c2n[nH]c(=O)o2)CC1. The van der Waals surface area contributed by atoms with Gasteiger partial charge in [0.2, 0.25) is 11.8 Å². The van der Waals surface area contributed by atoms with Crippen LogP contribution in [0.5, 0.6) is 0 Å². The van der Waals surface area contributed by atoms with Crippen LogP contribution in [0, 0.1) is 0 Å². The number of hydrogen-bond donors (Lipinski definition) is 2. The summed E-state index contributed by atoms with van der Waals surface area (Å²) in [6.07, 6.45) is 3.79. The molecule has 1 unspecified atom stereocenters. The Kier molecular flexibility index (Phi) is 5.55. The molecule has 0 saturated carbocycles. The molecule has 0 aromatic carbocycles. The summed E-state index contributed by atoms with van der Waals surface area (Å²) in [4.78, 5) is 25.2. The molecule has 21 heavy (non-hydrogen) atoms. The second-order valence-electron chi connectivity index (χ2n) is 5.58. The molecule has 7 heteroatoms. The molecule has 118 valence electrons. The quantitative estimate of drug-likeness (QED) is 0.759. The zero-order chi connectivity index (χ0) is 15.2. The highest BCUT2D eigenvalue weighted by atomic mass is 16.4. The lowest BCUT2D eigenvalue weighted by Crippen LogP contribution is -2.48. The second-order valence-corrected chi connectivity index (χ2v) is 5.58. The van der Waals surface area contributed by atoms with E-state index in [4.69, 9.17) is 4.42 Å². The minimum atomic E-state index is -0.504. The highest BCUT2D eigenvalue weighted by Crippen LogP contribution is 2.26. The van der Waals surface area contributed by atoms with Crippen LogP contribution in [0.4, 0.5) is 0 Å². The van der Waals surface area contributed by atoms with Crippen molar-refractivity contribution >= 4 is 5.91 Å². The van der Waals surface area contributed by atoms with Crippen molar-refractivity contribution in [1.82, 2.24) is 20.4 Å². The third-order valence-electron chi connectivity index (χ3n) is 4.09. The molecule has 0 spiro atoms. The summed E-state index contributed by atoms with van der Waals surface area (Å²) < 4.78 is 5.01. The molecule has 0 aliphatic carbocycles. The smallest absolute Gasteiger partial charge is 0.392 e. The summed E-state index contributed by atoms with van der Waals surface area (Å²) in [6, 6.07) is -0.117. The van der Waals surface area contributed by atoms with Crippen LogP contribution in [0.2, 0.25) is 0 Å². The van der Waals surface area contributed by atoms with Gasteiger partial charge < -0.3 is 9.73 Å². The van der Waals surface area contributed by atoms with Crippen molar-refractivity contribution < 1.29 is 9.21 Å². The van der Waals surface area contributed by atoms with E-state index in [1.165, 1.54) is 0 Å². The van der Waals surface area contributed by atoms with Crippen LogP contribution in [0.3, 0.4) is 0 Å². The minimum absolute atomic E-state index is 0.0909. The van der Waals surface area contributed by atoms with Gasteiger partial charge in [-0.25, -0.2) is 9.89 Å².